The third-order valence-corrected chi connectivity index (χ3v) is 2.20. The van der Waals surface area contributed by atoms with Crippen molar-refractivity contribution in [3.8, 4) is 0 Å². The van der Waals surface area contributed by atoms with Gasteiger partial charge in [0.2, 0.25) is 0 Å². The quantitative estimate of drug-likeness (QED) is 0.173. The summed E-state index contributed by atoms with van der Waals surface area (Å²) in [6, 6.07) is 0. The maximum Gasteiger partial charge on any atom is 1.00 e. The Morgan fingerprint density at radius 1 is 1.18 bits per heavy atom. The van der Waals surface area contributed by atoms with E-state index in [1.165, 1.54) is 0 Å². The molecule has 0 radical (unpaired) electrons. The van der Waals surface area contributed by atoms with Crippen molar-refractivity contribution in [2.75, 3.05) is 0 Å². The van der Waals surface area contributed by atoms with Gasteiger partial charge in [-0.1, -0.05) is 0 Å². The Hall–Kier alpha value is 1.86. The second-order valence-electron chi connectivity index (χ2n) is 1.12. The van der Waals surface area contributed by atoms with Crippen molar-refractivity contribution in [1.29, 1.82) is 0 Å². The van der Waals surface area contributed by atoms with Gasteiger partial charge in [0.1, 0.15) is 0 Å². The summed E-state index contributed by atoms with van der Waals surface area (Å²) >= 11 is 0. The van der Waals surface area contributed by atoms with Crippen LogP contribution in [0.1, 0.15) is 1.43 Å². The van der Waals surface area contributed by atoms with Gasteiger partial charge in [0, 0.05) is 0 Å². The molecule has 0 spiro atoms. The molecular weight excluding hydrogens is 229 g/mol. The zero-order valence-electron chi connectivity index (χ0n) is 6.32. The molecular formula is H5KO8P2. The first-order valence-corrected chi connectivity index (χ1v) is 4.72. The predicted octanol–water partition coefficient (Wildman–Crippen LogP) is -3.20. The molecule has 0 aromatic heterocycles. The number of rotatable bonds is 3. The normalized spacial score (nSPS) is 16.7. The minimum Gasteiger partial charge on any atom is -1.00 e. The Morgan fingerprint density at radius 3 is 1.64 bits per heavy atom. The van der Waals surface area contributed by atoms with Crippen LogP contribution in [0.4, 0.5) is 0 Å². The van der Waals surface area contributed by atoms with Gasteiger partial charge in [-0.25, -0.2) is 14.4 Å². The predicted molar refractivity (Wildman–Crippen MR) is 27.8 cm³/mol. The van der Waals surface area contributed by atoms with Crippen molar-refractivity contribution in [3.05, 3.63) is 0 Å². The molecule has 0 saturated heterocycles. The molecule has 64 valence electrons. The Kier molecular flexibility index (Phi) is 7.75. The molecule has 0 amide bonds. The van der Waals surface area contributed by atoms with E-state index in [1.807, 2.05) is 0 Å². The molecule has 0 aliphatic heterocycles. The summed E-state index contributed by atoms with van der Waals surface area (Å²) in [5.41, 5.74) is 0. The van der Waals surface area contributed by atoms with Crippen LogP contribution in [0.5, 0.6) is 0 Å². The van der Waals surface area contributed by atoms with E-state index in [-0.39, 0.29) is 52.8 Å². The maximum atomic E-state index is 9.97. The van der Waals surface area contributed by atoms with Crippen LogP contribution in [0.15, 0.2) is 0 Å². The topological polar surface area (TPSA) is 134 Å². The van der Waals surface area contributed by atoms with E-state index in [2.05, 4.69) is 8.99 Å². The Labute approximate surface area is 105 Å². The first kappa shape index (κ1) is 15.3. The van der Waals surface area contributed by atoms with E-state index in [1.54, 1.807) is 0 Å². The fourth-order valence-electron chi connectivity index (χ4n) is 0.149. The molecule has 11 heteroatoms. The monoisotopic (exact) mass is 234 g/mol. The Morgan fingerprint density at radius 2 is 1.55 bits per heavy atom. The number of phosphoric acid groups is 2. The fraction of sp³-hybridized carbons (Fsp3) is 0. The second kappa shape index (κ2) is 5.56. The van der Waals surface area contributed by atoms with Gasteiger partial charge in [-0.2, -0.15) is 4.31 Å². The number of hydrogen-bond acceptors (Lipinski definition) is 5. The summed E-state index contributed by atoms with van der Waals surface area (Å²) < 4.78 is 25.5. The maximum absolute atomic E-state index is 9.97. The summed E-state index contributed by atoms with van der Waals surface area (Å²) in [5.74, 6) is 0. The van der Waals surface area contributed by atoms with Crippen molar-refractivity contribution in [1.82, 2.24) is 0 Å². The van der Waals surface area contributed by atoms with Crippen molar-refractivity contribution in [2.45, 2.75) is 0 Å². The molecule has 4 N–H and O–H groups in total. The molecule has 0 aromatic carbocycles. The molecule has 1 unspecified atom stereocenters. The van der Waals surface area contributed by atoms with E-state index in [0.29, 0.717) is 0 Å². The van der Waals surface area contributed by atoms with E-state index in [0.717, 1.165) is 0 Å². The Bertz CT molecular complexity index is 195. The SMILES string of the molecule is O=P(O)(O)OP(=O)(O)OO.[H-].[K+]. The second-order valence-corrected chi connectivity index (χ2v) is 3.86. The van der Waals surface area contributed by atoms with E-state index in [4.69, 9.17) is 19.9 Å². The van der Waals surface area contributed by atoms with Crippen molar-refractivity contribution in [2.24, 2.45) is 0 Å². The summed E-state index contributed by atoms with van der Waals surface area (Å²) in [7, 11) is -10.1. The van der Waals surface area contributed by atoms with Crippen molar-refractivity contribution >= 4 is 15.6 Å². The van der Waals surface area contributed by atoms with Crippen molar-refractivity contribution in [3.63, 3.8) is 0 Å². The molecule has 0 bridgehead atoms. The first-order chi connectivity index (χ1) is 4.27. The summed E-state index contributed by atoms with van der Waals surface area (Å²) in [6.45, 7) is 0. The fourth-order valence-corrected chi connectivity index (χ4v) is 1.34. The molecule has 0 aliphatic rings. The molecule has 0 heterocycles. The van der Waals surface area contributed by atoms with Gasteiger partial charge in [0.15, 0.2) is 0 Å². The van der Waals surface area contributed by atoms with Crippen LogP contribution in [-0.4, -0.2) is 19.9 Å². The van der Waals surface area contributed by atoms with Crippen LogP contribution in [0.2, 0.25) is 0 Å². The van der Waals surface area contributed by atoms with Crippen LogP contribution >= 0.6 is 15.6 Å². The molecule has 1 atom stereocenters. The Balaban J connectivity index is -0.000000405. The zero-order valence-corrected chi connectivity index (χ0v) is 10.2. The molecule has 0 aliphatic carbocycles. The molecule has 0 aromatic rings. The zero-order chi connectivity index (χ0) is 8.41. The minimum absolute atomic E-state index is 0. The van der Waals surface area contributed by atoms with Crippen LogP contribution in [0, 0.1) is 0 Å². The van der Waals surface area contributed by atoms with Crippen LogP contribution in [0.25, 0.3) is 0 Å². The van der Waals surface area contributed by atoms with Crippen LogP contribution in [-0.2, 0) is 18.1 Å². The van der Waals surface area contributed by atoms with Gasteiger partial charge in [-0.15, -0.1) is 4.67 Å². The third-order valence-electron chi connectivity index (χ3n) is 0.313. The molecule has 11 heavy (non-hydrogen) atoms. The van der Waals surface area contributed by atoms with E-state index < -0.39 is 15.6 Å². The van der Waals surface area contributed by atoms with Gasteiger partial charge in [-0.3, -0.25) is 0 Å². The van der Waals surface area contributed by atoms with Gasteiger partial charge >= 0.3 is 67.0 Å². The smallest absolute Gasteiger partial charge is 1.00 e. The van der Waals surface area contributed by atoms with E-state index in [9.17, 15) is 9.13 Å². The van der Waals surface area contributed by atoms with Gasteiger partial charge in [0.25, 0.3) is 0 Å². The third kappa shape index (κ3) is 9.77. The van der Waals surface area contributed by atoms with Gasteiger partial charge in [-0.05, 0) is 0 Å². The van der Waals surface area contributed by atoms with Crippen LogP contribution in [0.3, 0.4) is 0 Å². The summed E-state index contributed by atoms with van der Waals surface area (Å²) in [4.78, 5) is 23.7. The molecule has 0 saturated carbocycles. The average Bonchev–Trinajstić information content (AvgIpc) is 1.60. The summed E-state index contributed by atoms with van der Waals surface area (Å²) in [6.07, 6.45) is 0. The molecule has 8 nitrogen and oxygen atoms in total. The standard InChI is InChI=1S/K.H4O8P2.H/c;1-7-10(5,6)8-9(2,3)4;/h;1H,(H,5,6)(H2,2,3,4);/q+1;;-1. The number of hydrogen-bond donors (Lipinski definition) is 4. The largest absolute Gasteiger partial charge is 1.00 e. The molecule has 0 fully saturated rings. The minimum atomic E-state index is -5.10. The summed E-state index contributed by atoms with van der Waals surface area (Å²) in [5, 5.41) is 7.48. The van der Waals surface area contributed by atoms with E-state index >= 15 is 0 Å². The first-order valence-electron chi connectivity index (χ1n) is 1.70. The van der Waals surface area contributed by atoms with Gasteiger partial charge < -0.3 is 16.1 Å². The van der Waals surface area contributed by atoms with Crippen molar-refractivity contribution < 1.29 is 90.9 Å². The molecule has 0 rings (SSSR count). The van der Waals surface area contributed by atoms with Crippen LogP contribution < -0.4 is 51.4 Å². The van der Waals surface area contributed by atoms with Gasteiger partial charge in [0.05, 0.1) is 0 Å². The average molecular weight is 234 g/mol.